The number of hydrogen-bond donors (Lipinski definition) is 4. The van der Waals surface area contributed by atoms with Crippen LogP contribution in [0.3, 0.4) is 0 Å². The highest BCUT2D eigenvalue weighted by molar-refractivity contribution is 7.90. The second-order valence-electron chi connectivity index (χ2n) is 8.58. The van der Waals surface area contributed by atoms with Crippen molar-refractivity contribution in [3.05, 3.63) is 41.0 Å². The lowest BCUT2D eigenvalue weighted by Gasteiger charge is -2.32. The predicted octanol–water partition coefficient (Wildman–Crippen LogP) is 2.91. The van der Waals surface area contributed by atoms with E-state index in [0.29, 0.717) is 18.0 Å². The van der Waals surface area contributed by atoms with Crippen molar-refractivity contribution in [2.24, 2.45) is 5.92 Å². The average Bonchev–Trinajstić information content (AvgIpc) is 3.11. The number of nitrogens with one attached hydrogen (secondary N) is 2. The number of allylic oxidation sites excluding steroid dienone is 1. The fraction of sp³-hybridized carbons (Fsp3) is 0.522. The number of carbonyl (C=O) groups is 2. The van der Waals surface area contributed by atoms with Gasteiger partial charge in [0.15, 0.2) is 0 Å². The van der Waals surface area contributed by atoms with Crippen molar-refractivity contribution in [3.63, 3.8) is 0 Å². The van der Waals surface area contributed by atoms with Crippen LogP contribution in [0.25, 0.3) is 4.91 Å². The summed E-state index contributed by atoms with van der Waals surface area (Å²) in [6.45, 7) is 10.1. The maximum atomic E-state index is 12.9. The fourth-order valence-corrected chi connectivity index (χ4v) is 4.28. The van der Waals surface area contributed by atoms with Gasteiger partial charge in [-0.25, -0.2) is 0 Å². The number of hydrogen-bond acceptors (Lipinski definition) is 5. The first-order chi connectivity index (χ1) is 14.5. The monoisotopic (exact) mass is 463 g/mol. The highest BCUT2D eigenvalue weighted by atomic mass is 32.1. The molecule has 2 rings (SSSR count). The first kappa shape index (κ1) is 25.4. The Morgan fingerprint density at radius 2 is 1.84 bits per heavy atom. The minimum atomic E-state index is -0.643. The molecule has 0 radical (unpaired) electrons. The van der Waals surface area contributed by atoms with Crippen molar-refractivity contribution < 1.29 is 14.7 Å². The molecule has 1 aromatic carbocycles. The van der Waals surface area contributed by atoms with Crippen LogP contribution in [0.4, 0.5) is 0 Å². The summed E-state index contributed by atoms with van der Waals surface area (Å²) in [5.74, 6) is -0.302. The SMILES string of the molecule is CC(=O)N[C@H](C(=S)N1C[C@H](O)C[C@H]1C(=O)NCc1ccc(C(S)=C(C)C)cc1)C(C)C. The van der Waals surface area contributed by atoms with Crippen LogP contribution in [0.5, 0.6) is 0 Å². The molecular weight excluding hydrogens is 430 g/mol. The molecule has 3 N–H and O–H groups in total. The van der Waals surface area contributed by atoms with Gasteiger partial charge in [-0.2, -0.15) is 0 Å². The summed E-state index contributed by atoms with van der Waals surface area (Å²) in [6, 6.07) is 6.97. The summed E-state index contributed by atoms with van der Waals surface area (Å²) >= 11 is 10.1. The Labute approximate surface area is 195 Å². The molecule has 0 aromatic heterocycles. The minimum absolute atomic E-state index is 0.0638. The minimum Gasteiger partial charge on any atom is -0.391 e. The van der Waals surface area contributed by atoms with Crippen LogP contribution < -0.4 is 10.6 Å². The molecule has 1 aromatic rings. The summed E-state index contributed by atoms with van der Waals surface area (Å²) in [4.78, 5) is 27.7. The van der Waals surface area contributed by atoms with Crippen molar-refractivity contribution in [3.8, 4) is 0 Å². The first-order valence-electron chi connectivity index (χ1n) is 10.5. The number of β-amino-alcohol motifs (C(OH)–C–C–N with tert-alkyl or cyclic N) is 1. The molecule has 1 aliphatic rings. The molecule has 0 spiro atoms. The largest absolute Gasteiger partial charge is 0.391 e. The van der Waals surface area contributed by atoms with E-state index >= 15 is 0 Å². The number of thiocarbonyl (C=S) groups is 1. The van der Waals surface area contributed by atoms with Gasteiger partial charge in [0, 0.05) is 31.3 Å². The molecule has 1 heterocycles. The highest BCUT2D eigenvalue weighted by Gasteiger charge is 2.39. The standard InChI is InChI=1S/C23H33N3O3S2/c1-13(2)20(25-15(5)27)23(31)26-12-18(28)10-19(26)22(29)24-11-16-6-8-17(9-7-16)21(30)14(3)4/h6-9,13,18-20,28,30H,10-12H2,1-5H3,(H,24,29)(H,25,27)/t18-,19+,20+/m1/s1. The molecule has 8 heteroatoms. The molecule has 31 heavy (non-hydrogen) atoms. The maximum absolute atomic E-state index is 12.9. The van der Waals surface area contributed by atoms with Gasteiger partial charge in [0.1, 0.15) is 11.0 Å². The third-order valence-electron chi connectivity index (χ3n) is 5.32. The number of nitrogens with zero attached hydrogens (tertiary/aromatic N) is 1. The lowest BCUT2D eigenvalue weighted by atomic mass is 10.0. The Morgan fingerprint density at radius 1 is 1.23 bits per heavy atom. The first-order valence-corrected chi connectivity index (χ1v) is 11.4. The summed E-state index contributed by atoms with van der Waals surface area (Å²) in [7, 11) is 0. The normalized spacial score (nSPS) is 19.2. The van der Waals surface area contributed by atoms with E-state index in [-0.39, 0.29) is 30.3 Å². The summed E-state index contributed by atoms with van der Waals surface area (Å²) < 4.78 is 0. The third-order valence-corrected chi connectivity index (χ3v) is 6.52. The zero-order chi connectivity index (χ0) is 23.3. The van der Waals surface area contributed by atoms with Crippen molar-refractivity contribution >= 4 is 46.6 Å². The van der Waals surface area contributed by atoms with E-state index in [1.54, 1.807) is 4.90 Å². The van der Waals surface area contributed by atoms with Gasteiger partial charge >= 0.3 is 0 Å². The second kappa shape index (κ2) is 11.1. The second-order valence-corrected chi connectivity index (χ2v) is 9.45. The number of thiol groups is 1. The molecule has 6 nitrogen and oxygen atoms in total. The van der Waals surface area contributed by atoms with Crippen LogP contribution in [-0.2, 0) is 16.1 Å². The smallest absolute Gasteiger partial charge is 0.243 e. The number of aliphatic hydroxyl groups excluding tert-OH is 1. The van der Waals surface area contributed by atoms with Gasteiger partial charge in [-0.1, -0.05) is 55.9 Å². The predicted molar refractivity (Wildman–Crippen MR) is 132 cm³/mol. The van der Waals surface area contributed by atoms with Crippen molar-refractivity contribution in [1.82, 2.24) is 15.5 Å². The zero-order valence-electron chi connectivity index (χ0n) is 18.8. The molecule has 0 saturated carbocycles. The summed E-state index contributed by atoms with van der Waals surface area (Å²) in [5, 5.41) is 16.0. The van der Waals surface area contributed by atoms with E-state index in [1.165, 1.54) is 6.92 Å². The molecule has 170 valence electrons. The van der Waals surface area contributed by atoms with Crippen LogP contribution >= 0.6 is 24.8 Å². The van der Waals surface area contributed by atoms with Crippen molar-refractivity contribution in [2.75, 3.05) is 6.54 Å². The van der Waals surface area contributed by atoms with Gasteiger partial charge in [-0.3, -0.25) is 9.59 Å². The van der Waals surface area contributed by atoms with Gasteiger partial charge < -0.3 is 20.6 Å². The van der Waals surface area contributed by atoms with Crippen LogP contribution in [0.15, 0.2) is 29.8 Å². The van der Waals surface area contributed by atoms with Crippen LogP contribution in [0.1, 0.15) is 52.2 Å². The molecule has 0 bridgehead atoms. The van der Waals surface area contributed by atoms with Crippen LogP contribution in [-0.4, -0.2) is 51.5 Å². The van der Waals surface area contributed by atoms with Crippen molar-refractivity contribution in [1.29, 1.82) is 0 Å². The highest BCUT2D eigenvalue weighted by Crippen LogP contribution is 2.24. The Kier molecular flexibility index (Phi) is 9.09. The fourth-order valence-electron chi connectivity index (χ4n) is 3.59. The molecule has 1 saturated heterocycles. The van der Waals surface area contributed by atoms with Gasteiger partial charge in [-0.05, 0) is 30.9 Å². The third kappa shape index (κ3) is 6.79. The number of aliphatic hydroxyl groups is 1. The molecule has 1 aliphatic heterocycles. The van der Waals surface area contributed by atoms with Crippen molar-refractivity contribution in [2.45, 2.75) is 65.8 Å². The van der Waals surface area contributed by atoms with Gasteiger partial charge in [0.2, 0.25) is 11.8 Å². The molecule has 0 aliphatic carbocycles. The van der Waals surface area contributed by atoms with E-state index in [4.69, 9.17) is 12.2 Å². The molecule has 3 atom stereocenters. The zero-order valence-corrected chi connectivity index (χ0v) is 20.5. The molecule has 1 fully saturated rings. The Morgan fingerprint density at radius 3 is 2.35 bits per heavy atom. The van der Waals surface area contributed by atoms with E-state index in [1.807, 2.05) is 52.0 Å². The average molecular weight is 464 g/mol. The summed E-state index contributed by atoms with van der Waals surface area (Å²) in [6.07, 6.45) is -0.338. The quantitative estimate of drug-likeness (QED) is 0.369. The van der Waals surface area contributed by atoms with E-state index in [0.717, 1.165) is 21.6 Å². The van der Waals surface area contributed by atoms with Gasteiger partial charge in [-0.15, -0.1) is 12.6 Å². The van der Waals surface area contributed by atoms with E-state index in [2.05, 4.69) is 23.3 Å². The molecule has 2 amide bonds. The van der Waals surface area contributed by atoms with Gasteiger partial charge in [0.05, 0.1) is 12.1 Å². The molecular formula is C23H33N3O3S2. The number of amides is 2. The Hall–Kier alpha value is -1.90. The number of carbonyl (C=O) groups excluding carboxylic acids is 2. The van der Waals surface area contributed by atoms with E-state index in [9.17, 15) is 14.7 Å². The van der Waals surface area contributed by atoms with E-state index < -0.39 is 12.1 Å². The molecule has 0 unspecified atom stereocenters. The Balaban J connectivity index is 2.06. The van der Waals surface area contributed by atoms with Gasteiger partial charge in [0.25, 0.3) is 0 Å². The lowest BCUT2D eigenvalue weighted by Crippen LogP contribution is -2.54. The van der Waals surface area contributed by atoms with Crippen LogP contribution in [0.2, 0.25) is 0 Å². The number of likely N-dealkylation sites (tertiary alicyclic amines) is 1. The Bertz CT molecular complexity index is 848. The number of benzene rings is 1. The maximum Gasteiger partial charge on any atom is 0.243 e. The topological polar surface area (TPSA) is 81.7 Å². The lowest BCUT2D eigenvalue weighted by molar-refractivity contribution is -0.124. The number of rotatable bonds is 7. The van der Waals surface area contributed by atoms with Crippen LogP contribution in [0, 0.1) is 5.92 Å². The summed E-state index contributed by atoms with van der Waals surface area (Å²) in [5.41, 5.74) is 3.14.